The fourth-order valence-corrected chi connectivity index (χ4v) is 3.44. The first kappa shape index (κ1) is 14.5. The van der Waals surface area contributed by atoms with Gasteiger partial charge in [0.2, 0.25) is 0 Å². The molecule has 1 atom stereocenters. The first-order valence-electron chi connectivity index (χ1n) is 6.80. The van der Waals surface area contributed by atoms with E-state index < -0.39 is 0 Å². The van der Waals surface area contributed by atoms with Gasteiger partial charge in [0.25, 0.3) is 0 Å². The molecule has 4 heteroatoms. The molecule has 3 nitrogen and oxygen atoms in total. The number of halogens is 1. The molecule has 1 aliphatic rings. The number of nitrogens with two attached hydrogens (primary N) is 1. The standard InChI is InChI=1S/C15H22ClNO2/c1-5-18-11-7-9(16)13-12(14(11)19-6-2)10(17)8-15(13,3)4/h7,10H,5-6,8,17H2,1-4H3/t10-/m1/s1. The minimum absolute atomic E-state index is 0.0254. The second-order valence-corrected chi connectivity index (χ2v) is 5.94. The molecular formula is C15H22ClNO2. The fraction of sp³-hybridized carbons (Fsp3) is 0.600. The molecule has 0 saturated carbocycles. The Morgan fingerprint density at radius 3 is 2.53 bits per heavy atom. The van der Waals surface area contributed by atoms with Crippen LogP contribution < -0.4 is 15.2 Å². The van der Waals surface area contributed by atoms with Gasteiger partial charge in [0.05, 0.1) is 13.2 Å². The predicted octanol–water partition coefficient (Wildman–Crippen LogP) is 3.82. The number of hydrogen-bond donors (Lipinski definition) is 1. The molecule has 0 heterocycles. The van der Waals surface area contributed by atoms with Crippen molar-refractivity contribution in [1.29, 1.82) is 0 Å². The molecule has 1 aromatic carbocycles. The summed E-state index contributed by atoms with van der Waals surface area (Å²) in [7, 11) is 0. The Kier molecular flexibility index (Phi) is 3.98. The molecule has 2 N–H and O–H groups in total. The monoisotopic (exact) mass is 283 g/mol. The van der Waals surface area contributed by atoms with Crippen LogP contribution in [0.5, 0.6) is 11.5 Å². The van der Waals surface area contributed by atoms with E-state index in [0.717, 1.165) is 28.3 Å². The van der Waals surface area contributed by atoms with Gasteiger partial charge >= 0.3 is 0 Å². The summed E-state index contributed by atoms with van der Waals surface area (Å²) in [6, 6.07) is 1.80. The number of fused-ring (bicyclic) bond motifs is 1. The molecule has 1 aromatic rings. The van der Waals surface area contributed by atoms with E-state index >= 15 is 0 Å². The normalized spacial score (nSPS) is 20.2. The molecule has 19 heavy (non-hydrogen) atoms. The fourth-order valence-electron chi connectivity index (χ4n) is 2.98. The van der Waals surface area contributed by atoms with E-state index in [-0.39, 0.29) is 11.5 Å². The Morgan fingerprint density at radius 1 is 1.32 bits per heavy atom. The molecule has 0 radical (unpaired) electrons. The zero-order valence-corrected chi connectivity index (χ0v) is 12.8. The van der Waals surface area contributed by atoms with Gasteiger partial charge in [-0.1, -0.05) is 25.4 Å². The summed E-state index contributed by atoms with van der Waals surface area (Å²) >= 11 is 6.44. The molecule has 106 valence electrons. The van der Waals surface area contributed by atoms with Gasteiger partial charge in [0, 0.05) is 22.7 Å². The van der Waals surface area contributed by atoms with E-state index in [4.69, 9.17) is 26.8 Å². The third-order valence-electron chi connectivity index (χ3n) is 3.60. The highest BCUT2D eigenvalue weighted by atomic mass is 35.5. The lowest BCUT2D eigenvalue weighted by molar-refractivity contribution is 0.284. The summed E-state index contributed by atoms with van der Waals surface area (Å²) in [6.45, 7) is 9.40. The average molecular weight is 284 g/mol. The van der Waals surface area contributed by atoms with Gasteiger partial charge < -0.3 is 15.2 Å². The van der Waals surface area contributed by atoms with Crippen molar-refractivity contribution in [2.45, 2.75) is 45.6 Å². The second kappa shape index (κ2) is 5.22. The Bertz CT molecular complexity index is 486. The largest absolute Gasteiger partial charge is 0.490 e. The summed E-state index contributed by atoms with van der Waals surface area (Å²) in [5.41, 5.74) is 8.39. The van der Waals surface area contributed by atoms with Gasteiger partial charge in [-0.3, -0.25) is 0 Å². The summed E-state index contributed by atoms with van der Waals surface area (Å²) in [6.07, 6.45) is 0.873. The highest BCUT2D eigenvalue weighted by Gasteiger charge is 2.40. The zero-order valence-electron chi connectivity index (χ0n) is 12.0. The lowest BCUT2D eigenvalue weighted by Crippen LogP contribution is -2.14. The second-order valence-electron chi connectivity index (χ2n) is 5.53. The Hall–Kier alpha value is -0.930. The SMILES string of the molecule is CCOc1cc(Cl)c2c(c1OCC)[C@H](N)CC2(C)C. The Labute approximate surface area is 120 Å². The molecule has 1 aliphatic carbocycles. The van der Waals surface area contributed by atoms with Crippen LogP contribution in [0.2, 0.25) is 5.02 Å². The first-order chi connectivity index (χ1) is 8.92. The number of hydrogen-bond acceptors (Lipinski definition) is 3. The molecule has 0 aromatic heterocycles. The Morgan fingerprint density at radius 2 is 1.95 bits per heavy atom. The van der Waals surface area contributed by atoms with Crippen LogP contribution in [0, 0.1) is 0 Å². The van der Waals surface area contributed by atoms with Crippen molar-refractivity contribution in [3.63, 3.8) is 0 Å². The van der Waals surface area contributed by atoms with Crippen LogP contribution in [0.4, 0.5) is 0 Å². The maximum Gasteiger partial charge on any atom is 0.166 e. The third-order valence-corrected chi connectivity index (χ3v) is 3.90. The summed E-state index contributed by atoms with van der Waals surface area (Å²) in [5, 5.41) is 0.722. The van der Waals surface area contributed by atoms with Gasteiger partial charge in [0.15, 0.2) is 11.5 Å². The van der Waals surface area contributed by atoms with E-state index in [2.05, 4.69) is 13.8 Å². The molecule has 0 saturated heterocycles. The number of benzene rings is 1. The molecule has 0 amide bonds. The quantitative estimate of drug-likeness (QED) is 0.914. The summed E-state index contributed by atoms with van der Waals surface area (Å²) in [4.78, 5) is 0. The van der Waals surface area contributed by atoms with Crippen LogP contribution in [0.1, 0.15) is 51.3 Å². The van der Waals surface area contributed by atoms with Crippen molar-refractivity contribution in [3.8, 4) is 11.5 Å². The van der Waals surface area contributed by atoms with Crippen molar-refractivity contribution in [1.82, 2.24) is 0 Å². The highest BCUT2D eigenvalue weighted by Crippen LogP contribution is 2.53. The van der Waals surface area contributed by atoms with E-state index in [9.17, 15) is 0 Å². The van der Waals surface area contributed by atoms with E-state index in [1.807, 2.05) is 19.9 Å². The van der Waals surface area contributed by atoms with Gasteiger partial charge in [-0.15, -0.1) is 0 Å². The van der Waals surface area contributed by atoms with Gasteiger partial charge in [-0.25, -0.2) is 0 Å². The van der Waals surface area contributed by atoms with Gasteiger partial charge in [-0.05, 0) is 31.2 Å². The molecule has 0 spiro atoms. The van der Waals surface area contributed by atoms with Crippen molar-refractivity contribution in [3.05, 3.63) is 22.2 Å². The molecule has 2 rings (SSSR count). The topological polar surface area (TPSA) is 44.5 Å². The molecule has 0 fully saturated rings. The smallest absolute Gasteiger partial charge is 0.166 e. The van der Waals surface area contributed by atoms with Crippen LogP contribution in [-0.2, 0) is 5.41 Å². The van der Waals surface area contributed by atoms with E-state index in [0.29, 0.717) is 19.0 Å². The lowest BCUT2D eigenvalue weighted by atomic mass is 9.86. The van der Waals surface area contributed by atoms with Crippen molar-refractivity contribution in [2.75, 3.05) is 13.2 Å². The third kappa shape index (κ3) is 2.41. The number of rotatable bonds is 4. The molecular weight excluding hydrogens is 262 g/mol. The van der Waals surface area contributed by atoms with Crippen LogP contribution in [-0.4, -0.2) is 13.2 Å². The average Bonchev–Trinajstić information content (AvgIpc) is 2.55. The molecule has 0 bridgehead atoms. The van der Waals surface area contributed by atoms with E-state index in [1.54, 1.807) is 0 Å². The zero-order chi connectivity index (χ0) is 14.2. The summed E-state index contributed by atoms with van der Waals surface area (Å²) < 4.78 is 11.4. The maximum atomic E-state index is 6.44. The minimum atomic E-state index is -0.0514. The lowest BCUT2D eigenvalue weighted by Gasteiger charge is -2.22. The molecule has 0 unspecified atom stereocenters. The Balaban J connectivity index is 2.66. The van der Waals surface area contributed by atoms with Crippen molar-refractivity contribution < 1.29 is 9.47 Å². The van der Waals surface area contributed by atoms with Crippen molar-refractivity contribution >= 4 is 11.6 Å². The van der Waals surface area contributed by atoms with Crippen LogP contribution >= 0.6 is 11.6 Å². The number of ether oxygens (including phenoxy) is 2. The summed E-state index contributed by atoms with van der Waals surface area (Å²) in [5.74, 6) is 1.46. The van der Waals surface area contributed by atoms with Crippen LogP contribution in [0.25, 0.3) is 0 Å². The van der Waals surface area contributed by atoms with Gasteiger partial charge in [-0.2, -0.15) is 0 Å². The molecule has 0 aliphatic heterocycles. The van der Waals surface area contributed by atoms with Crippen LogP contribution in [0.15, 0.2) is 6.07 Å². The highest BCUT2D eigenvalue weighted by molar-refractivity contribution is 6.32. The minimum Gasteiger partial charge on any atom is -0.490 e. The van der Waals surface area contributed by atoms with Crippen molar-refractivity contribution in [2.24, 2.45) is 5.73 Å². The maximum absolute atomic E-state index is 6.44. The predicted molar refractivity (Wildman–Crippen MR) is 78.4 cm³/mol. The first-order valence-corrected chi connectivity index (χ1v) is 7.18. The van der Waals surface area contributed by atoms with Crippen LogP contribution in [0.3, 0.4) is 0 Å². The van der Waals surface area contributed by atoms with Gasteiger partial charge in [0.1, 0.15) is 0 Å². The van der Waals surface area contributed by atoms with E-state index in [1.165, 1.54) is 0 Å².